The Morgan fingerprint density at radius 2 is 1.57 bits per heavy atom. The van der Waals surface area contributed by atoms with Crippen LogP contribution in [0.5, 0.6) is 11.5 Å². The van der Waals surface area contributed by atoms with E-state index in [9.17, 15) is 13.6 Å². The first kappa shape index (κ1) is 16.7. The molecular formula is C17H17F2NO3. The zero-order valence-corrected chi connectivity index (χ0v) is 12.6. The minimum Gasteiger partial charge on any atom is -0.497 e. The van der Waals surface area contributed by atoms with Gasteiger partial charge < -0.3 is 14.8 Å². The highest BCUT2D eigenvalue weighted by molar-refractivity contribution is 5.78. The van der Waals surface area contributed by atoms with Crippen molar-refractivity contribution in [2.24, 2.45) is 0 Å². The van der Waals surface area contributed by atoms with Crippen molar-refractivity contribution in [2.75, 3.05) is 7.11 Å². The molecule has 0 aliphatic heterocycles. The van der Waals surface area contributed by atoms with E-state index in [0.717, 1.165) is 16.9 Å². The molecule has 0 aliphatic carbocycles. The van der Waals surface area contributed by atoms with Gasteiger partial charge in [-0.15, -0.1) is 0 Å². The molecule has 0 fully saturated rings. The van der Waals surface area contributed by atoms with E-state index in [1.807, 2.05) is 24.3 Å². The summed E-state index contributed by atoms with van der Waals surface area (Å²) in [6.45, 7) is -2.44. The summed E-state index contributed by atoms with van der Waals surface area (Å²) in [5.74, 6) is 0.678. The number of halogens is 2. The molecule has 0 aliphatic rings. The summed E-state index contributed by atoms with van der Waals surface area (Å²) in [7, 11) is 1.59. The monoisotopic (exact) mass is 321 g/mol. The SMILES string of the molecule is COc1ccc(CNC(=O)Cc2ccc(OC(F)F)cc2)cc1. The molecule has 0 aromatic heterocycles. The topological polar surface area (TPSA) is 47.6 Å². The first-order chi connectivity index (χ1) is 11.1. The highest BCUT2D eigenvalue weighted by Gasteiger charge is 2.06. The highest BCUT2D eigenvalue weighted by Crippen LogP contribution is 2.15. The Bertz CT molecular complexity index is 627. The molecule has 4 nitrogen and oxygen atoms in total. The van der Waals surface area contributed by atoms with Crippen molar-refractivity contribution in [3.8, 4) is 11.5 Å². The molecule has 0 saturated heterocycles. The number of carbonyl (C=O) groups is 1. The zero-order valence-electron chi connectivity index (χ0n) is 12.6. The van der Waals surface area contributed by atoms with Crippen LogP contribution < -0.4 is 14.8 Å². The second-order valence-corrected chi connectivity index (χ2v) is 4.82. The average Bonchev–Trinajstić information content (AvgIpc) is 2.55. The van der Waals surface area contributed by atoms with Crippen molar-refractivity contribution in [1.82, 2.24) is 5.32 Å². The van der Waals surface area contributed by atoms with Crippen molar-refractivity contribution >= 4 is 5.91 Å². The number of ether oxygens (including phenoxy) is 2. The van der Waals surface area contributed by atoms with Crippen molar-refractivity contribution in [2.45, 2.75) is 19.6 Å². The van der Waals surface area contributed by atoms with Crippen LogP contribution in [-0.2, 0) is 17.8 Å². The maximum atomic E-state index is 12.0. The fourth-order valence-corrected chi connectivity index (χ4v) is 1.98. The van der Waals surface area contributed by atoms with Crippen LogP contribution in [0.3, 0.4) is 0 Å². The standard InChI is InChI=1S/C17H17F2NO3/c1-22-14-6-4-13(5-7-14)11-20-16(21)10-12-2-8-15(9-3-12)23-17(18)19/h2-9,17H,10-11H2,1H3,(H,20,21). The maximum absolute atomic E-state index is 12.0. The summed E-state index contributed by atoms with van der Waals surface area (Å²) in [5, 5.41) is 2.80. The van der Waals surface area contributed by atoms with Crippen LogP contribution >= 0.6 is 0 Å². The third-order valence-corrected chi connectivity index (χ3v) is 3.16. The number of methoxy groups -OCH3 is 1. The Hall–Kier alpha value is -2.63. The normalized spacial score (nSPS) is 10.4. The average molecular weight is 321 g/mol. The van der Waals surface area contributed by atoms with Gasteiger partial charge in [0.05, 0.1) is 13.5 Å². The number of hydrogen-bond acceptors (Lipinski definition) is 3. The Morgan fingerprint density at radius 1 is 1.00 bits per heavy atom. The van der Waals surface area contributed by atoms with Gasteiger partial charge >= 0.3 is 6.61 Å². The fraction of sp³-hybridized carbons (Fsp3) is 0.235. The molecular weight excluding hydrogens is 304 g/mol. The highest BCUT2D eigenvalue weighted by atomic mass is 19.3. The number of alkyl halides is 2. The second kappa shape index (κ2) is 8.12. The van der Waals surface area contributed by atoms with Crippen LogP contribution in [-0.4, -0.2) is 19.6 Å². The number of carbonyl (C=O) groups excluding carboxylic acids is 1. The molecule has 0 bridgehead atoms. The summed E-state index contributed by atoms with van der Waals surface area (Å²) in [6, 6.07) is 13.4. The fourth-order valence-electron chi connectivity index (χ4n) is 1.98. The van der Waals surface area contributed by atoms with E-state index in [0.29, 0.717) is 6.54 Å². The minimum absolute atomic E-state index is 0.0717. The summed E-state index contributed by atoms with van der Waals surface area (Å²) in [5.41, 5.74) is 1.68. The zero-order chi connectivity index (χ0) is 16.7. The summed E-state index contributed by atoms with van der Waals surface area (Å²) >= 11 is 0. The Morgan fingerprint density at radius 3 is 2.13 bits per heavy atom. The summed E-state index contributed by atoms with van der Waals surface area (Å²) in [4.78, 5) is 11.9. The largest absolute Gasteiger partial charge is 0.497 e. The molecule has 23 heavy (non-hydrogen) atoms. The molecule has 122 valence electrons. The van der Waals surface area contributed by atoms with Gasteiger partial charge in [0.15, 0.2) is 0 Å². The molecule has 0 saturated carbocycles. The number of nitrogens with one attached hydrogen (secondary N) is 1. The van der Waals surface area contributed by atoms with E-state index in [1.165, 1.54) is 12.1 Å². The first-order valence-corrected chi connectivity index (χ1v) is 7.00. The van der Waals surface area contributed by atoms with Crippen molar-refractivity contribution in [3.63, 3.8) is 0 Å². The number of benzene rings is 2. The van der Waals surface area contributed by atoms with Crippen LogP contribution in [0.15, 0.2) is 48.5 Å². The smallest absolute Gasteiger partial charge is 0.387 e. The Kier molecular flexibility index (Phi) is 5.91. The van der Waals surface area contributed by atoms with Crippen LogP contribution in [0.1, 0.15) is 11.1 Å². The van der Waals surface area contributed by atoms with Crippen LogP contribution in [0, 0.1) is 0 Å². The molecule has 0 radical (unpaired) electrons. The van der Waals surface area contributed by atoms with Crippen LogP contribution in [0.4, 0.5) is 8.78 Å². The molecule has 2 aromatic rings. The van der Waals surface area contributed by atoms with E-state index in [-0.39, 0.29) is 18.1 Å². The second-order valence-electron chi connectivity index (χ2n) is 4.82. The molecule has 0 heterocycles. The van der Waals surface area contributed by atoms with E-state index in [4.69, 9.17) is 4.74 Å². The maximum Gasteiger partial charge on any atom is 0.387 e. The Labute approximate surface area is 133 Å². The van der Waals surface area contributed by atoms with Crippen LogP contribution in [0.25, 0.3) is 0 Å². The van der Waals surface area contributed by atoms with E-state index in [1.54, 1.807) is 19.2 Å². The minimum atomic E-state index is -2.85. The van der Waals surface area contributed by atoms with E-state index < -0.39 is 6.61 Å². The predicted octanol–water partition coefficient (Wildman–Crippen LogP) is 3.16. The van der Waals surface area contributed by atoms with Gasteiger partial charge in [-0.05, 0) is 35.4 Å². The quantitative estimate of drug-likeness (QED) is 0.852. The lowest BCUT2D eigenvalue weighted by atomic mass is 10.1. The third kappa shape index (κ3) is 5.58. The van der Waals surface area contributed by atoms with Gasteiger partial charge in [-0.25, -0.2) is 0 Å². The van der Waals surface area contributed by atoms with Gasteiger partial charge in [-0.3, -0.25) is 4.79 Å². The number of rotatable bonds is 7. The summed E-state index contributed by atoms with van der Waals surface area (Å²) < 4.78 is 33.4. The van der Waals surface area contributed by atoms with Crippen molar-refractivity contribution in [3.05, 3.63) is 59.7 Å². The predicted molar refractivity (Wildman–Crippen MR) is 81.6 cm³/mol. The van der Waals surface area contributed by atoms with Crippen molar-refractivity contribution in [1.29, 1.82) is 0 Å². The van der Waals surface area contributed by atoms with Gasteiger partial charge in [-0.1, -0.05) is 24.3 Å². The van der Waals surface area contributed by atoms with Gasteiger partial charge in [0.1, 0.15) is 11.5 Å². The number of amides is 1. The molecule has 2 rings (SSSR count). The van der Waals surface area contributed by atoms with Crippen LogP contribution in [0.2, 0.25) is 0 Å². The van der Waals surface area contributed by atoms with Gasteiger partial charge in [0, 0.05) is 6.54 Å². The lowest BCUT2D eigenvalue weighted by molar-refractivity contribution is -0.120. The van der Waals surface area contributed by atoms with Gasteiger partial charge in [-0.2, -0.15) is 8.78 Å². The summed E-state index contributed by atoms with van der Waals surface area (Å²) in [6.07, 6.45) is 0.172. The number of hydrogen-bond donors (Lipinski definition) is 1. The van der Waals surface area contributed by atoms with Gasteiger partial charge in [0.2, 0.25) is 5.91 Å². The first-order valence-electron chi connectivity index (χ1n) is 7.00. The van der Waals surface area contributed by atoms with E-state index in [2.05, 4.69) is 10.1 Å². The molecule has 2 aromatic carbocycles. The lowest BCUT2D eigenvalue weighted by Crippen LogP contribution is -2.24. The third-order valence-electron chi connectivity index (χ3n) is 3.16. The van der Waals surface area contributed by atoms with Gasteiger partial charge in [0.25, 0.3) is 0 Å². The van der Waals surface area contributed by atoms with Crippen molar-refractivity contribution < 1.29 is 23.0 Å². The molecule has 1 N–H and O–H groups in total. The molecule has 6 heteroatoms. The molecule has 1 amide bonds. The lowest BCUT2D eigenvalue weighted by Gasteiger charge is -2.08. The van der Waals surface area contributed by atoms with E-state index >= 15 is 0 Å². The molecule has 0 unspecified atom stereocenters. The Balaban J connectivity index is 1.81. The molecule has 0 spiro atoms. The molecule has 0 atom stereocenters.